The van der Waals surface area contributed by atoms with Crippen molar-refractivity contribution in [2.24, 2.45) is 5.14 Å². The highest BCUT2D eigenvalue weighted by Crippen LogP contribution is 2.23. The SMILES string of the molecule is CC(C)(C)OC(=O)N1C[C@@H](CS(N)(=O)=O)OC(C)(C)C1. The fraction of sp³-hybridized carbons (Fsp3) is 0.917. The number of carbonyl (C=O) groups is 1. The molecule has 0 bridgehead atoms. The molecule has 0 aromatic carbocycles. The summed E-state index contributed by atoms with van der Waals surface area (Å²) in [4.78, 5) is 13.5. The molecule has 118 valence electrons. The zero-order chi connectivity index (χ0) is 15.8. The summed E-state index contributed by atoms with van der Waals surface area (Å²) < 4.78 is 33.3. The van der Waals surface area contributed by atoms with E-state index in [0.29, 0.717) is 6.54 Å². The summed E-state index contributed by atoms with van der Waals surface area (Å²) in [7, 11) is -3.66. The van der Waals surface area contributed by atoms with Gasteiger partial charge in [0, 0.05) is 0 Å². The van der Waals surface area contributed by atoms with Crippen LogP contribution >= 0.6 is 0 Å². The van der Waals surface area contributed by atoms with Gasteiger partial charge >= 0.3 is 6.09 Å². The monoisotopic (exact) mass is 308 g/mol. The van der Waals surface area contributed by atoms with Gasteiger partial charge in [-0.25, -0.2) is 18.4 Å². The van der Waals surface area contributed by atoms with Crippen LogP contribution in [0.5, 0.6) is 0 Å². The molecule has 0 spiro atoms. The van der Waals surface area contributed by atoms with Gasteiger partial charge in [-0.3, -0.25) is 0 Å². The van der Waals surface area contributed by atoms with E-state index in [1.54, 1.807) is 34.6 Å². The standard InChI is InChI=1S/C12H24N2O5S/c1-11(2,3)19-10(15)14-6-9(7-20(13,16)17)18-12(4,5)8-14/h9H,6-8H2,1-5H3,(H2,13,16,17)/t9-/m0/s1. The van der Waals surface area contributed by atoms with Crippen LogP contribution in [0, 0.1) is 0 Å². The predicted molar refractivity (Wildman–Crippen MR) is 74.7 cm³/mol. The minimum absolute atomic E-state index is 0.148. The Bertz CT molecular complexity index is 467. The quantitative estimate of drug-likeness (QED) is 0.809. The fourth-order valence-corrected chi connectivity index (χ4v) is 2.80. The summed E-state index contributed by atoms with van der Waals surface area (Å²) in [5.41, 5.74) is -1.25. The van der Waals surface area contributed by atoms with Gasteiger partial charge < -0.3 is 14.4 Å². The molecule has 0 aliphatic carbocycles. The highest BCUT2D eigenvalue weighted by atomic mass is 32.2. The lowest BCUT2D eigenvalue weighted by Crippen LogP contribution is -2.57. The first-order valence-corrected chi connectivity index (χ1v) is 8.15. The molecule has 2 N–H and O–H groups in total. The van der Waals surface area contributed by atoms with E-state index in [0.717, 1.165) is 0 Å². The molecule has 8 heteroatoms. The Labute approximate surface area is 120 Å². The number of hydrogen-bond donors (Lipinski definition) is 1. The molecule has 1 heterocycles. The lowest BCUT2D eigenvalue weighted by Gasteiger charge is -2.42. The van der Waals surface area contributed by atoms with Crippen molar-refractivity contribution in [2.75, 3.05) is 18.8 Å². The molecular formula is C12H24N2O5S. The van der Waals surface area contributed by atoms with Crippen molar-refractivity contribution >= 4 is 16.1 Å². The summed E-state index contributed by atoms with van der Waals surface area (Å²) in [6, 6.07) is 0. The second-order valence-electron chi connectivity index (χ2n) is 6.69. The molecule has 1 aliphatic heterocycles. The van der Waals surface area contributed by atoms with Crippen LogP contribution in [-0.2, 0) is 19.5 Å². The Hall–Kier alpha value is -0.860. The molecule has 1 rings (SSSR count). The second-order valence-corrected chi connectivity index (χ2v) is 8.35. The average molecular weight is 308 g/mol. The summed E-state index contributed by atoms with van der Waals surface area (Å²) in [6.07, 6.45) is -1.13. The van der Waals surface area contributed by atoms with Crippen molar-refractivity contribution in [3.8, 4) is 0 Å². The maximum absolute atomic E-state index is 12.1. The third-order valence-electron chi connectivity index (χ3n) is 2.55. The van der Waals surface area contributed by atoms with Gasteiger partial charge in [-0.05, 0) is 34.6 Å². The first-order chi connectivity index (χ1) is 8.77. The first kappa shape index (κ1) is 17.2. The molecule has 0 saturated carbocycles. The number of amides is 1. The highest BCUT2D eigenvalue weighted by molar-refractivity contribution is 7.89. The molecule has 20 heavy (non-hydrogen) atoms. The molecule has 0 aromatic heterocycles. The van der Waals surface area contributed by atoms with Gasteiger partial charge in [-0.1, -0.05) is 0 Å². The Morgan fingerprint density at radius 3 is 2.45 bits per heavy atom. The van der Waals surface area contributed by atoms with Crippen molar-refractivity contribution in [3.05, 3.63) is 0 Å². The van der Waals surface area contributed by atoms with Crippen LogP contribution < -0.4 is 5.14 Å². The fourth-order valence-electron chi connectivity index (χ4n) is 2.11. The smallest absolute Gasteiger partial charge is 0.410 e. The van der Waals surface area contributed by atoms with E-state index in [-0.39, 0.29) is 12.3 Å². The van der Waals surface area contributed by atoms with Gasteiger partial charge in [0.15, 0.2) is 0 Å². The normalized spacial score (nSPS) is 23.5. The minimum atomic E-state index is -3.66. The van der Waals surface area contributed by atoms with Gasteiger partial charge in [-0.15, -0.1) is 0 Å². The Kier molecular flexibility index (Phi) is 4.72. The number of morpholine rings is 1. The van der Waals surface area contributed by atoms with Gasteiger partial charge in [0.2, 0.25) is 10.0 Å². The number of ether oxygens (including phenoxy) is 2. The number of hydrogen-bond acceptors (Lipinski definition) is 5. The molecule has 1 fully saturated rings. The molecule has 1 atom stereocenters. The first-order valence-electron chi connectivity index (χ1n) is 6.44. The second kappa shape index (κ2) is 5.50. The molecule has 1 aliphatic rings. The number of sulfonamides is 1. The summed E-state index contributed by atoms with van der Waals surface area (Å²) in [5, 5.41) is 5.04. The van der Waals surface area contributed by atoms with Crippen molar-refractivity contribution in [3.63, 3.8) is 0 Å². The molecule has 7 nitrogen and oxygen atoms in total. The lowest BCUT2D eigenvalue weighted by molar-refractivity contribution is -0.125. The topological polar surface area (TPSA) is 98.9 Å². The van der Waals surface area contributed by atoms with Crippen molar-refractivity contribution in [1.82, 2.24) is 4.90 Å². The average Bonchev–Trinajstić information content (AvgIpc) is 2.08. The van der Waals surface area contributed by atoms with E-state index in [2.05, 4.69) is 0 Å². The van der Waals surface area contributed by atoms with Crippen LogP contribution in [0.3, 0.4) is 0 Å². The molecule has 0 radical (unpaired) electrons. The molecule has 0 unspecified atom stereocenters. The maximum Gasteiger partial charge on any atom is 0.410 e. The minimum Gasteiger partial charge on any atom is -0.444 e. The van der Waals surface area contributed by atoms with E-state index in [4.69, 9.17) is 14.6 Å². The molecule has 1 amide bonds. The zero-order valence-electron chi connectivity index (χ0n) is 12.7. The van der Waals surface area contributed by atoms with E-state index in [9.17, 15) is 13.2 Å². The van der Waals surface area contributed by atoms with Crippen LogP contribution in [0.25, 0.3) is 0 Å². The van der Waals surface area contributed by atoms with Crippen molar-refractivity contribution in [2.45, 2.75) is 51.9 Å². The van der Waals surface area contributed by atoms with E-state index in [1.165, 1.54) is 4.90 Å². The van der Waals surface area contributed by atoms with Crippen molar-refractivity contribution in [1.29, 1.82) is 0 Å². The van der Waals surface area contributed by atoms with Gasteiger partial charge in [0.1, 0.15) is 5.60 Å². The lowest BCUT2D eigenvalue weighted by atomic mass is 10.1. The van der Waals surface area contributed by atoms with E-state index >= 15 is 0 Å². The van der Waals surface area contributed by atoms with E-state index in [1.807, 2.05) is 0 Å². The van der Waals surface area contributed by atoms with Crippen molar-refractivity contribution < 1.29 is 22.7 Å². The number of rotatable bonds is 2. The van der Waals surface area contributed by atoms with Crippen LogP contribution in [-0.4, -0.2) is 55.6 Å². The Morgan fingerprint density at radius 2 is 2.00 bits per heavy atom. The number of nitrogens with two attached hydrogens (primary N) is 1. The number of primary sulfonamides is 1. The van der Waals surface area contributed by atoms with Crippen LogP contribution in [0.4, 0.5) is 4.79 Å². The molecular weight excluding hydrogens is 284 g/mol. The molecule has 1 saturated heterocycles. The third-order valence-corrected chi connectivity index (χ3v) is 3.39. The summed E-state index contributed by atoms with van der Waals surface area (Å²) >= 11 is 0. The highest BCUT2D eigenvalue weighted by Gasteiger charge is 2.38. The Balaban J connectivity index is 2.80. The van der Waals surface area contributed by atoms with Gasteiger partial charge in [-0.2, -0.15) is 0 Å². The van der Waals surface area contributed by atoms with Gasteiger partial charge in [0.25, 0.3) is 0 Å². The maximum atomic E-state index is 12.1. The third kappa shape index (κ3) is 6.06. The van der Waals surface area contributed by atoms with Crippen LogP contribution in [0.1, 0.15) is 34.6 Å². The number of nitrogens with zero attached hydrogens (tertiary/aromatic N) is 1. The zero-order valence-corrected chi connectivity index (χ0v) is 13.5. The van der Waals surface area contributed by atoms with Gasteiger partial charge in [0.05, 0.1) is 30.5 Å². The predicted octanol–water partition coefficient (Wildman–Crippen LogP) is 0.689. The Morgan fingerprint density at radius 1 is 1.45 bits per heavy atom. The summed E-state index contributed by atoms with van der Waals surface area (Å²) in [6.45, 7) is 9.39. The number of carbonyl (C=O) groups excluding carboxylic acids is 1. The van der Waals surface area contributed by atoms with Crippen LogP contribution in [0.15, 0.2) is 0 Å². The largest absolute Gasteiger partial charge is 0.444 e. The summed E-state index contributed by atoms with van der Waals surface area (Å²) in [5.74, 6) is -0.324. The van der Waals surface area contributed by atoms with Crippen LogP contribution in [0.2, 0.25) is 0 Å². The van der Waals surface area contributed by atoms with E-state index < -0.39 is 33.4 Å². The molecule has 0 aromatic rings.